The van der Waals surface area contributed by atoms with Crippen LogP contribution >= 0.6 is 0 Å². The standard InChI is InChI=1S/C8H10O5/c9-3-6(11)4-1-2-5(10)8(13)7(4)12/h1-2,6,9-13H,3H2. The number of aliphatic hydroxyl groups excluding tert-OH is 2. The predicted molar refractivity (Wildman–Crippen MR) is 43.5 cm³/mol. The van der Waals surface area contributed by atoms with Gasteiger partial charge in [-0.1, -0.05) is 0 Å². The molecule has 0 fully saturated rings. The van der Waals surface area contributed by atoms with Crippen molar-refractivity contribution in [1.29, 1.82) is 0 Å². The summed E-state index contributed by atoms with van der Waals surface area (Å²) in [6, 6.07) is 2.33. The molecule has 0 bridgehead atoms. The molecule has 0 spiro atoms. The molecule has 72 valence electrons. The van der Waals surface area contributed by atoms with Gasteiger partial charge in [0.05, 0.1) is 6.61 Å². The molecule has 1 aromatic rings. The zero-order valence-electron chi connectivity index (χ0n) is 6.68. The molecule has 0 aliphatic heterocycles. The fourth-order valence-electron chi connectivity index (χ4n) is 0.952. The van der Waals surface area contributed by atoms with Crippen LogP contribution in [-0.4, -0.2) is 32.1 Å². The highest BCUT2D eigenvalue weighted by Gasteiger charge is 2.16. The minimum absolute atomic E-state index is 0.0298. The Hall–Kier alpha value is -1.46. The Kier molecular flexibility index (Phi) is 2.60. The summed E-state index contributed by atoms with van der Waals surface area (Å²) in [7, 11) is 0. The first kappa shape index (κ1) is 9.63. The van der Waals surface area contributed by atoms with Crippen molar-refractivity contribution in [2.45, 2.75) is 6.10 Å². The molecule has 13 heavy (non-hydrogen) atoms. The molecule has 5 heteroatoms. The molecule has 0 saturated carbocycles. The maximum atomic E-state index is 9.20. The fourth-order valence-corrected chi connectivity index (χ4v) is 0.952. The summed E-state index contributed by atoms with van der Waals surface area (Å²) in [6.45, 7) is -0.572. The summed E-state index contributed by atoms with van der Waals surface area (Å²) in [4.78, 5) is 0. The van der Waals surface area contributed by atoms with E-state index in [4.69, 9.17) is 20.4 Å². The largest absolute Gasteiger partial charge is 0.504 e. The quantitative estimate of drug-likeness (QED) is 0.413. The molecular weight excluding hydrogens is 176 g/mol. The van der Waals surface area contributed by atoms with Crippen LogP contribution in [0.15, 0.2) is 12.1 Å². The minimum Gasteiger partial charge on any atom is -0.504 e. The molecule has 5 N–H and O–H groups in total. The van der Waals surface area contributed by atoms with Crippen molar-refractivity contribution >= 4 is 0 Å². The molecule has 0 amide bonds. The Morgan fingerprint density at radius 1 is 1.08 bits per heavy atom. The second kappa shape index (κ2) is 3.51. The van der Waals surface area contributed by atoms with Gasteiger partial charge in [-0.05, 0) is 12.1 Å². The van der Waals surface area contributed by atoms with E-state index < -0.39 is 30.0 Å². The highest BCUT2D eigenvalue weighted by molar-refractivity contribution is 5.53. The molecule has 1 rings (SSSR count). The lowest BCUT2D eigenvalue weighted by atomic mass is 10.1. The van der Waals surface area contributed by atoms with Crippen LogP contribution in [0.2, 0.25) is 0 Å². The van der Waals surface area contributed by atoms with Crippen molar-refractivity contribution in [1.82, 2.24) is 0 Å². The number of hydrogen-bond acceptors (Lipinski definition) is 5. The Labute approximate surface area is 74.1 Å². The molecular formula is C8H10O5. The fraction of sp³-hybridized carbons (Fsp3) is 0.250. The third kappa shape index (κ3) is 1.66. The summed E-state index contributed by atoms with van der Waals surface area (Å²) in [6.07, 6.45) is -1.27. The van der Waals surface area contributed by atoms with Gasteiger partial charge in [-0.3, -0.25) is 0 Å². The number of aromatic hydroxyl groups is 3. The second-order valence-electron chi connectivity index (χ2n) is 2.57. The van der Waals surface area contributed by atoms with Gasteiger partial charge in [0.1, 0.15) is 6.10 Å². The lowest BCUT2D eigenvalue weighted by Crippen LogP contribution is -2.02. The van der Waals surface area contributed by atoms with Crippen molar-refractivity contribution in [3.63, 3.8) is 0 Å². The van der Waals surface area contributed by atoms with Crippen LogP contribution in [0.25, 0.3) is 0 Å². The van der Waals surface area contributed by atoms with Crippen molar-refractivity contribution in [2.75, 3.05) is 6.61 Å². The first-order valence-corrected chi connectivity index (χ1v) is 3.60. The van der Waals surface area contributed by atoms with Crippen LogP contribution in [0.3, 0.4) is 0 Å². The lowest BCUT2D eigenvalue weighted by Gasteiger charge is -2.10. The summed E-state index contributed by atoms with van der Waals surface area (Å²) in [5, 5.41) is 44.9. The van der Waals surface area contributed by atoms with Crippen molar-refractivity contribution in [2.24, 2.45) is 0 Å². The smallest absolute Gasteiger partial charge is 0.200 e. The number of aliphatic hydroxyl groups is 2. The number of rotatable bonds is 2. The van der Waals surface area contributed by atoms with Gasteiger partial charge >= 0.3 is 0 Å². The van der Waals surface area contributed by atoms with Gasteiger partial charge in [0, 0.05) is 5.56 Å². The highest BCUT2D eigenvalue weighted by atomic mass is 16.3. The van der Waals surface area contributed by atoms with Crippen LogP contribution in [0.4, 0.5) is 0 Å². The van der Waals surface area contributed by atoms with E-state index in [1.807, 2.05) is 0 Å². The van der Waals surface area contributed by atoms with Crippen molar-refractivity contribution < 1.29 is 25.5 Å². The molecule has 1 aromatic carbocycles. The van der Waals surface area contributed by atoms with Gasteiger partial charge in [-0.25, -0.2) is 0 Å². The van der Waals surface area contributed by atoms with Crippen LogP contribution in [0.1, 0.15) is 11.7 Å². The van der Waals surface area contributed by atoms with Gasteiger partial charge in [0.25, 0.3) is 0 Å². The highest BCUT2D eigenvalue weighted by Crippen LogP contribution is 2.39. The van der Waals surface area contributed by atoms with E-state index >= 15 is 0 Å². The Bertz CT molecular complexity index is 310. The Balaban J connectivity index is 3.18. The maximum Gasteiger partial charge on any atom is 0.200 e. The van der Waals surface area contributed by atoms with Gasteiger partial charge in [-0.15, -0.1) is 0 Å². The number of phenols is 3. The molecule has 0 aliphatic rings. The van der Waals surface area contributed by atoms with Crippen molar-refractivity contribution in [3.05, 3.63) is 17.7 Å². The topological polar surface area (TPSA) is 101 Å². The van der Waals surface area contributed by atoms with Gasteiger partial charge in [-0.2, -0.15) is 0 Å². The summed E-state index contributed by atoms with van der Waals surface area (Å²) in [5.41, 5.74) is -0.0298. The molecule has 0 heterocycles. The zero-order chi connectivity index (χ0) is 10.0. The summed E-state index contributed by atoms with van der Waals surface area (Å²) in [5.74, 6) is -1.81. The molecule has 1 atom stereocenters. The van der Waals surface area contributed by atoms with Crippen LogP contribution < -0.4 is 0 Å². The Morgan fingerprint density at radius 3 is 2.23 bits per heavy atom. The van der Waals surface area contributed by atoms with E-state index in [1.54, 1.807) is 0 Å². The van der Waals surface area contributed by atoms with Gasteiger partial charge < -0.3 is 25.5 Å². The molecule has 0 aromatic heterocycles. The van der Waals surface area contributed by atoms with Gasteiger partial charge in [0.2, 0.25) is 5.75 Å². The average molecular weight is 186 g/mol. The lowest BCUT2D eigenvalue weighted by molar-refractivity contribution is 0.0930. The first-order chi connectivity index (χ1) is 6.07. The van der Waals surface area contributed by atoms with E-state index in [-0.39, 0.29) is 5.56 Å². The molecule has 1 unspecified atom stereocenters. The van der Waals surface area contributed by atoms with E-state index in [2.05, 4.69) is 0 Å². The molecule has 0 saturated heterocycles. The van der Waals surface area contributed by atoms with E-state index in [0.717, 1.165) is 6.07 Å². The van der Waals surface area contributed by atoms with Gasteiger partial charge in [0.15, 0.2) is 11.5 Å². The monoisotopic (exact) mass is 186 g/mol. The molecule has 0 radical (unpaired) electrons. The third-order valence-electron chi connectivity index (χ3n) is 1.69. The molecule has 0 aliphatic carbocycles. The second-order valence-corrected chi connectivity index (χ2v) is 2.57. The van der Waals surface area contributed by atoms with Crippen LogP contribution in [0, 0.1) is 0 Å². The van der Waals surface area contributed by atoms with E-state index in [0.29, 0.717) is 0 Å². The summed E-state index contributed by atoms with van der Waals surface area (Å²) >= 11 is 0. The normalized spacial score (nSPS) is 12.8. The third-order valence-corrected chi connectivity index (χ3v) is 1.69. The molecule has 5 nitrogen and oxygen atoms in total. The SMILES string of the molecule is OCC(O)c1ccc(O)c(O)c1O. The van der Waals surface area contributed by atoms with Crippen LogP contribution in [-0.2, 0) is 0 Å². The van der Waals surface area contributed by atoms with Crippen LogP contribution in [0.5, 0.6) is 17.2 Å². The minimum atomic E-state index is -1.27. The summed E-state index contributed by atoms with van der Waals surface area (Å²) < 4.78 is 0. The van der Waals surface area contributed by atoms with E-state index in [1.165, 1.54) is 6.07 Å². The Morgan fingerprint density at radius 2 is 1.69 bits per heavy atom. The number of hydrogen-bond donors (Lipinski definition) is 5. The van der Waals surface area contributed by atoms with E-state index in [9.17, 15) is 5.11 Å². The number of benzene rings is 1. The predicted octanol–water partition coefficient (Wildman–Crippen LogP) is -0.171. The maximum absolute atomic E-state index is 9.20. The zero-order valence-corrected chi connectivity index (χ0v) is 6.68. The first-order valence-electron chi connectivity index (χ1n) is 3.60. The van der Waals surface area contributed by atoms with Crippen molar-refractivity contribution in [3.8, 4) is 17.2 Å². The number of phenolic OH excluding ortho intramolecular Hbond substituents is 3. The average Bonchev–Trinajstić information content (AvgIpc) is 2.13.